The van der Waals surface area contributed by atoms with Gasteiger partial charge in [-0.2, -0.15) is 0 Å². The fourth-order valence-corrected chi connectivity index (χ4v) is 3.11. The summed E-state index contributed by atoms with van der Waals surface area (Å²) < 4.78 is 17.7. The van der Waals surface area contributed by atoms with Gasteiger partial charge in [0.05, 0.1) is 18.3 Å². The minimum Gasteiger partial charge on any atom is -0.386 e. The molecule has 0 spiro atoms. The second-order valence-corrected chi connectivity index (χ2v) is 5.40. The van der Waals surface area contributed by atoms with E-state index in [1.807, 2.05) is 12.2 Å². The van der Waals surface area contributed by atoms with Crippen molar-refractivity contribution in [1.82, 2.24) is 0 Å². The number of hydrogen-bond donors (Lipinski definition) is 1. The predicted molar refractivity (Wildman–Crippen MR) is 66.4 cm³/mol. The Morgan fingerprint density at radius 3 is 2.61 bits per heavy atom. The van der Waals surface area contributed by atoms with Gasteiger partial charge in [-0.15, -0.1) is 0 Å². The van der Waals surface area contributed by atoms with Crippen LogP contribution < -0.4 is 0 Å². The van der Waals surface area contributed by atoms with Crippen LogP contribution in [0.3, 0.4) is 0 Å². The Kier molecular flexibility index (Phi) is 3.99. The zero-order valence-electron chi connectivity index (χ0n) is 10.7. The molecular formula is C14H22O4. The summed E-state index contributed by atoms with van der Waals surface area (Å²) in [5.74, 6) is 0. The van der Waals surface area contributed by atoms with Gasteiger partial charge in [0, 0.05) is 13.2 Å². The lowest BCUT2D eigenvalue weighted by Crippen LogP contribution is -2.47. The Morgan fingerprint density at radius 1 is 0.944 bits per heavy atom. The normalized spacial score (nSPS) is 47.1. The summed E-state index contributed by atoms with van der Waals surface area (Å²) in [6.45, 7) is 1.55. The van der Waals surface area contributed by atoms with E-state index in [1.54, 1.807) is 0 Å². The molecule has 0 saturated carbocycles. The maximum Gasteiger partial charge on any atom is 0.113 e. The first kappa shape index (κ1) is 12.6. The second kappa shape index (κ2) is 5.70. The quantitative estimate of drug-likeness (QED) is 0.664. The monoisotopic (exact) mass is 254 g/mol. The van der Waals surface area contributed by atoms with Crippen LogP contribution in [0.1, 0.15) is 32.1 Å². The molecule has 3 aliphatic rings. The zero-order valence-corrected chi connectivity index (χ0v) is 10.7. The fourth-order valence-electron chi connectivity index (χ4n) is 3.11. The van der Waals surface area contributed by atoms with Crippen molar-refractivity contribution >= 4 is 0 Å². The molecule has 0 unspecified atom stereocenters. The molecule has 0 aliphatic carbocycles. The van der Waals surface area contributed by atoms with Crippen molar-refractivity contribution in [2.75, 3.05) is 13.2 Å². The summed E-state index contributed by atoms with van der Waals surface area (Å²) in [5, 5.41) is 10.1. The van der Waals surface area contributed by atoms with Crippen molar-refractivity contribution in [3.05, 3.63) is 12.2 Å². The molecule has 0 amide bonds. The minimum absolute atomic E-state index is 0.00528. The van der Waals surface area contributed by atoms with Crippen molar-refractivity contribution in [3.8, 4) is 0 Å². The summed E-state index contributed by atoms with van der Waals surface area (Å²) in [4.78, 5) is 0. The highest BCUT2D eigenvalue weighted by atomic mass is 16.6. The number of fused-ring (bicyclic) bond motifs is 2. The molecule has 3 heterocycles. The molecule has 2 fully saturated rings. The van der Waals surface area contributed by atoms with E-state index in [9.17, 15) is 5.11 Å². The van der Waals surface area contributed by atoms with E-state index in [-0.39, 0.29) is 24.4 Å². The van der Waals surface area contributed by atoms with Gasteiger partial charge in [0.15, 0.2) is 0 Å². The van der Waals surface area contributed by atoms with Crippen molar-refractivity contribution in [2.45, 2.75) is 62.6 Å². The molecule has 3 aliphatic heterocycles. The van der Waals surface area contributed by atoms with Crippen LogP contribution in [0, 0.1) is 0 Å². The number of ether oxygens (including phenoxy) is 3. The highest BCUT2D eigenvalue weighted by Gasteiger charge is 2.37. The van der Waals surface area contributed by atoms with Crippen LogP contribution in [0.5, 0.6) is 0 Å². The predicted octanol–water partition coefficient (Wildman–Crippen LogP) is 1.42. The van der Waals surface area contributed by atoms with E-state index in [0.29, 0.717) is 0 Å². The molecule has 0 bridgehead atoms. The average molecular weight is 254 g/mol. The lowest BCUT2D eigenvalue weighted by atomic mass is 10.00. The summed E-state index contributed by atoms with van der Waals surface area (Å²) in [5.41, 5.74) is 0. The lowest BCUT2D eigenvalue weighted by molar-refractivity contribution is -0.188. The van der Waals surface area contributed by atoms with Crippen LogP contribution in [-0.4, -0.2) is 48.8 Å². The minimum atomic E-state index is -0.560. The highest BCUT2D eigenvalue weighted by molar-refractivity contribution is 5.00. The van der Waals surface area contributed by atoms with Gasteiger partial charge >= 0.3 is 0 Å². The Morgan fingerprint density at radius 2 is 1.72 bits per heavy atom. The van der Waals surface area contributed by atoms with Gasteiger partial charge < -0.3 is 19.3 Å². The Labute approximate surface area is 108 Å². The Balaban J connectivity index is 1.77. The van der Waals surface area contributed by atoms with E-state index < -0.39 is 6.10 Å². The van der Waals surface area contributed by atoms with Crippen LogP contribution in [-0.2, 0) is 14.2 Å². The SMILES string of the molecule is O[C@@H]1/C=C\C[C@H]2OCCC[C@@H]2O[C@H]2CCCO[C@H]12. The smallest absolute Gasteiger partial charge is 0.113 e. The van der Waals surface area contributed by atoms with Crippen LogP contribution >= 0.6 is 0 Å². The van der Waals surface area contributed by atoms with Crippen LogP contribution in [0.15, 0.2) is 12.2 Å². The molecule has 3 rings (SSSR count). The Bertz CT molecular complexity index is 304. The standard InChI is InChI=1S/C14H22O4/c15-10-4-1-5-11-12(6-2-8-16-11)18-13-7-3-9-17-14(10)13/h1,4,10-15H,2-3,5-9H2/b4-1-/t10-,11-,12+,13+,14-/m1/s1. The molecule has 102 valence electrons. The van der Waals surface area contributed by atoms with Gasteiger partial charge in [-0.05, 0) is 32.1 Å². The van der Waals surface area contributed by atoms with Crippen molar-refractivity contribution < 1.29 is 19.3 Å². The molecule has 18 heavy (non-hydrogen) atoms. The van der Waals surface area contributed by atoms with Crippen LogP contribution in [0.4, 0.5) is 0 Å². The lowest BCUT2D eigenvalue weighted by Gasteiger charge is -2.38. The summed E-state index contributed by atoms with van der Waals surface area (Å²) in [6.07, 6.45) is 8.30. The van der Waals surface area contributed by atoms with Crippen molar-refractivity contribution in [1.29, 1.82) is 0 Å². The van der Waals surface area contributed by atoms with Gasteiger partial charge in [-0.3, -0.25) is 0 Å². The van der Waals surface area contributed by atoms with Gasteiger partial charge in [0.2, 0.25) is 0 Å². The van der Waals surface area contributed by atoms with Gasteiger partial charge in [0.1, 0.15) is 12.2 Å². The van der Waals surface area contributed by atoms with Gasteiger partial charge in [-0.1, -0.05) is 12.2 Å². The summed E-state index contributed by atoms with van der Waals surface area (Å²) in [7, 11) is 0. The van der Waals surface area contributed by atoms with Gasteiger partial charge in [-0.25, -0.2) is 0 Å². The second-order valence-electron chi connectivity index (χ2n) is 5.40. The first-order chi connectivity index (χ1) is 8.84. The molecule has 0 aromatic heterocycles. The topological polar surface area (TPSA) is 47.9 Å². The first-order valence-corrected chi connectivity index (χ1v) is 7.08. The number of aliphatic hydroxyl groups excluding tert-OH is 1. The first-order valence-electron chi connectivity index (χ1n) is 7.08. The molecule has 0 aromatic rings. The van der Waals surface area contributed by atoms with E-state index >= 15 is 0 Å². The maximum absolute atomic E-state index is 10.1. The largest absolute Gasteiger partial charge is 0.386 e. The van der Waals surface area contributed by atoms with Crippen molar-refractivity contribution in [3.63, 3.8) is 0 Å². The van der Waals surface area contributed by atoms with E-state index in [0.717, 1.165) is 45.3 Å². The molecule has 4 nitrogen and oxygen atoms in total. The molecule has 0 aromatic carbocycles. The molecule has 1 N–H and O–H groups in total. The summed E-state index contributed by atoms with van der Waals surface area (Å²) >= 11 is 0. The van der Waals surface area contributed by atoms with E-state index in [2.05, 4.69) is 0 Å². The van der Waals surface area contributed by atoms with Crippen molar-refractivity contribution in [2.24, 2.45) is 0 Å². The number of hydrogen-bond acceptors (Lipinski definition) is 4. The molecule has 5 atom stereocenters. The van der Waals surface area contributed by atoms with E-state index in [1.165, 1.54) is 0 Å². The summed E-state index contributed by atoms with van der Waals surface area (Å²) in [6, 6.07) is 0. The molecule has 2 saturated heterocycles. The third kappa shape index (κ3) is 2.62. The highest BCUT2D eigenvalue weighted by Crippen LogP contribution is 2.29. The zero-order chi connectivity index (χ0) is 12.4. The fraction of sp³-hybridized carbons (Fsp3) is 0.857. The third-order valence-electron chi connectivity index (χ3n) is 4.08. The maximum atomic E-state index is 10.1. The van der Waals surface area contributed by atoms with Gasteiger partial charge in [0.25, 0.3) is 0 Å². The molecule has 0 radical (unpaired) electrons. The van der Waals surface area contributed by atoms with Crippen LogP contribution in [0.2, 0.25) is 0 Å². The number of aliphatic hydroxyl groups is 1. The average Bonchev–Trinajstić information content (AvgIpc) is 2.47. The molecule has 4 heteroatoms. The van der Waals surface area contributed by atoms with E-state index in [4.69, 9.17) is 14.2 Å². The third-order valence-corrected chi connectivity index (χ3v) is 4.08. The Hall–Kier alpha value is -0.420. The van der Waals surface area contributed by atoms with Crippen LogP contribution in [0.25, 0.3) is 0 Å². The molecular weight excluding hydrogens is 232 g/mol. The number of rotatable bonds is 0.